The van der Waals surface area contributed by atoms with Crippen LogP contribution in [0.5, 0.6) is 0 Å². The van der Waals surface area contributed by atoms with Crippen molar-refractivity contribution in [2.75, 3.05) is 20.1 Å². The maximum Gasteiger partial charge on any atom is 0.191 e. The van der Waals surface area contributed by atoms with Crippen LogP contribution in [0, 0.1) is 5.92 Å². The maximum atomic E-state index is 4.39. The summed E-state index contributed by atoms with van der Waals surface area (Å²) in [5.41, 5.74) is 0. The molecule has 2 fully saturated rings. The van der Waals surface area contributed by atoms with Gasteiger partial charge in [0.05, 0.1) is 6.54 Å². The van der Waals surface area contributed by atoms with Gasteiger partial charge in [0.25, 0.3) is 0 Å². The molecule has 0 aromatic carbocycles. The molecule has 3 rings (SSSR count). The Morgan fingerprint density at radius 1 is 1.32 bits per heavy atom. The van der Waals surface area contributed by atoms with Crippen molar-refractivity contribution in [3.63, 3.8) is 0 Å². The van der Waals surface area contributed by atoms with Crippen molar-refractivity contribution in [1.82, 2.24) is 15.5 Å². The van der Waals surface area contributed by atoms with Crippen LogP contribution in [-0.2, 0) is 13.0 Å². The third kappa shape index (κ3) is 3.82. The maximum absolute atomic E-state index is 4.39. The monoisotopic (exact) mass is 320 g/mol. The summed E-state index contributed by atoms with van der Waals surface area (Å²) in [6, 6.07) is 5.82. The van der Waals surface area contributed by atoms with Crippen LogP contribution >= 0.6 is 11.3 Å². The molecule has 1 aromatic heterocycles. The number of guanidine groups is 1. The van der Waals surface area contributed by atoms with Gasteiger partial charge in [0.15, 0.2) is 5.96 Å². The van der Waals surface area contributed by atoms with Gasteiger partial charge in [-0.05, 0) is 37.3 Å². The first-order chi connectivity index (χ1) is 10.7. The van der Waals surface area contributed by atoms with Gasteiger partial charge in [-0.25, -0.2) is 0 Å². The van der Waals surface area contributed by atoms with E-state index in [1.165, 1.54) is 29.1 Å². The molecule has 0 amide bonds. The van der Waals surface area contributed by atoms with Gasteiger partial charge < -0.3 is 10.6 Å². The summed E-state index contributed by atoms with van der Waals surface area (Å²) in [4.78, 5) is 9.86. The number of rotatable bonds is 5. The van der Waals surface area contributed by atoms with Crippen LogP contribution in [0.4, 0.5) is 0 Å². The molecule has 1 aliphatic heterocycles. The number of hydrogen-bond acceptors (Lipinski definition) is 3. The van der Waals surface area contributed by atoms with Crippen LogP contribution < -0.4 is 10.6 Å². The SMILES string of the molecule is CCc1ccc(CNC(=NC)NC2CN(C3CC3)CC2C)s1. The summed E-state index contributed by atoms with van der Waals surface area (Å²) >= 11 is 1.89. The lowest BCUT2D eigenvalue weighted by Gasteiger charge is -2.20. The average molecular weight is 321 g/mol. The van der Waals surface area contributed by atoms with Crippen molar-refractivity contribution in [2.24, 2.45) is 10.9 Å². The average Bonchev–Trinajstić information content (AvgIpc) is 3.17. The van der Waals surface area contributed by atoms with E-state index in [-0.39, 0.29) is 0 Å². The fourth-order valence-electron chi connectivity index (χ4n) is 3.18. The third-order valence-electron chi connectivity index (χ3n) is 4.75. The number of thiophene rings is 1. The van der Waals surface area contributed by atoms with E-state index in [0.717, 1.165) is 31.5 Å². The molecule has 2 aliphatic rings. The van der Waals surface area contributed by atoms with E-state index in [2.05, 4.69) is 46.5 Å². The van der Waals surface area contributed by atoms with E-state index in [4.69, 9.17) is 0 Å². The van der Waals surface area contributed by atoms with E-state index in [0.29, 0.717) is 12.0 Å². The van der Waals surface area contributed by atoms with Crippen molar-refractivity contribution in [3.05, 3.63) is 21.9 Å². The van der Waals surface area contributed by atoms with E-state index >= 15 is 0 Å². The van der Waals surface area contributed by atoms with Crippen LogP contribution in [0.1, 0.15) is 36.4 Å². The molecule has 2 heterocycles. The number of hydrogen-bond donors (Lipinski definition) is 2. The minimum absolute atomic E-state index is 0.515. The summed E-state index contributed by atoms with van der Waals surface area (Å²) in [7, 11) is 1.86. The van der Waals surface area contributed by atoms with Crippen molar-refractivity contribution in [2.45, 2.75) is 51.7 Å². The summed E-state index contributed by atoms with van der Waals surface area (Å²) in [5, 5.41) is 7.08. The Hall–Kier alpha value is -1.07. The first-order valence-corrected chi connectivity index (χ1v) is 9.30. The Labute approximate surface area is 138 Å². The van der Waals surface area contributed by atoms with Crippen molar-refractivity contribution in [1.29, 1.82) is 0 Å². The predicted octanol–water partition coefficient (Wildman–Crippen LogP) is 2.46. The lowest BCUT2D eigenvalue weighted by atomic mass is 10.1. The van der Waals surface area contributed by atoms with Crippen molar-refractivity contribution in [3.8, 4) is 0 Å². The minimum atomic E-state index is 0.515. The van der Waals surface area contributed by atoms with Gasteiger partial charge in [0.2, 0.25) is 0 Å². The highest BCUT2D eigenvalue weighted by Crippen LogP contribution is 2.31. The van der Waals surface area contributed by atoms with E-state index < -0.39 is 0 Å². The molecule has 2 N–H and O–H groups in total. The molecule has 0 radical (unpaired) electrons. The highest BCUT2D eigenvalue weighted by Gasteiger charge is 2.38. The van der Waals surface area contributed by atoms with Crippen LogP contribution in [0.15, 0.2) is 17.1 Å². The Bertz CT molecular complexity index is 520. The number of aliphatic imine (C=N–C) groups is 1. The van der Waals surface area contributed by atoms with Crippen LogP contribution in [0.2, 0.25) is 0 Å². The van der Waals surface area contributed by atoms with Gasteiger partial charge in [-0.3, -0.25) is 9.89 Å². The molecule has 2 atom stereocenters. The minimum Gasteiger partial charge on any atom is -0.352 e. The first-order valence-electron chi connectivity index (χ1n) is 8.48. The van der Waals surface area contributed by atoms with Crippen LogP contribution in [0.25, 0.3) is 0 Å². The number of nitrogens with zero attached hydrogens (tertiary/aromatic N) is 2. The Morgan fingerprint density at radius 3 is 2.73 bits per heavy atom. The molecule has 5 heteroatoms. The molecule has 2 unspecified atom stereocenters. The highest BCUT2D eigenvalue weighted by molar-refractivity contribution is 7.11. The summed E-state index contributed by atoms with van der Waals surface area (Å²) < 4.78 is 0. The zero-order valence-corrected chi connectivity index (χ0v) is 14.7. The van der Waals surface area contributed by atoms with E-state index in [1.54, 1.807) is 0 Å². The Kier molecular flexibility index (Phi) is 5.03. The normalized spacial score (nSPS) is 26.4. The summed E-state index contributed by atoms with van der Waals surface area (Å²) in [6.07, 6.45) is 3.91. The molecular weight excluding hydrogens is 292 g/mol. The standard InChI is InChI=1S/C17H28N4S/c1-4-14-7-8-15(22-14)9-19-17(18-3)20-16-11-21(10-12(16)2)13-5-6-13/h7-8,12-13,16H,4-6,9-11H2,1-3H3,(H2,18,19,20). The Morgan fingerprint density at radius 2 is 2.09 bits per heavy atom. The fourth-order valence-corrected chi connectivity index (χ4v) is 4.08. The van der Waals surface area contributed by atoms with Gasteiger partial charge in [-0.1, -0.05) is 13.8 Å². The summed E-state index contributed by atoms with van der Waals surface area (Å²) in [5.74, 6) is 1.62. The molecule has 1 saturated heterocycles. The Balaban J connectivity index is 1.49. The van der Waals surface area contributed by atoms with Gasteiger partial charge in [-0.15, -0.1) is 11.3 Å². The smallest absolute Gasteiger partial charge is 0.191 e. The van der Waals surface area contributed by atoms with Gasteiger partial charge in [-0.2, -0.15) is 0 Å². The lowest BCUT2D eigenvalue weighted by molar-refractivity contribution is 0.315. The number of likely N-dealkylation sites (tertiary alicyclic amines) is 1. The number of aryl methyl sites for hydroxylation is 1. The molecule has 0 bridgehead atoms. The largest absolute Gasteiger partial charge is 0.352 e. The van der Waals surface area contributed by atoms with Crippen molar-refractivity contribution < 1.29 is 0 Å². The molecule has 122 valence electrons. The van der Waals surface area contributed by atoms with Gasteiger partial charge >= 0.3 is 0 Å². The second-order valence-corrected chi connectivity index (χ2v) is 7.81. The number of nitrogens with one attached hydrogen (secondary N) is 2. The lowest BCUT2D eigenvalue weighted by Crippen LogP contribution is -2.46. The molecule has 4 nitrogen and oxygen atoms in total. The third-order valence-corrected chi connectivity index (χ3v) is 5.97. The van der Waals surface area contributed by atoms with E-state index in [1.807, 2.05) is 18.4 Å². The second kappa shape index (κ2) is 7.01. The van der Waals surface area contributed by atoms with Crippen molar-refractivity contribution >= 4 is 17.3 Å². The summed E-state index contributed by atoms with van der Waals surface area (Å²) in [6.45, 7) is 7.80. The zero-order chi connectivity index (χ0) is 15.5. The van der Waals surface area contributed by atoms with E-state index in [9.17, 15) is 0 Å². The molecule has 1 aliphatic carbocycles. The fraction of sp³-hybridized carbons (Fsp3) is 0.706. The van der Waals surface area contributed by atoms with Crippen LogP contribution in [0.3, 0.4) is 0 Å². The molecule has 1 saturated carbocycles. The quantitative estimate of drug-likeness (QED) is 0.647. The molecular formula is C17H28N4S. The zero-order valence-electron chi connectivity index (χ0n) is 13.9. The van der Waals surface area contributed by atoms with Gasteiger partial charge in [0, 0.05) is 42.0 Å². The van der Waals surface area contributed by atoms with Crippen LogP contribution in [-0.4, -0.2) is 43.1 Å². The van der Waals surface area contributed by atoms with Gasteiger partial charge in [0.1, 0.15) is 0 Å². The molecule has 1 aromatic rings. The molecule has 0 spiro atoms. The highest BCUT2D eigenvalue weighted by atomic mass is 32.1. The second-order valence-electron chi connectivity index (χ2n) is 6.56. The molecule has 22 heavy (non-hydrogen) atoms. The topological polar surface area (TPSA) is 39.7 Å². The first kappa shape index (κ1) is 15.8. The predicted molar refractivity (Wildman–Crippen MR) is 94.6 cm³/mol.